The van der Waals surface area contributed by atoms with E-state index in [2.05, 4.69) is 9.56 Å². The molecule has 0 unspecified atom stereocenters. The largest absolute Gasteiger partial charge is 0.496 e. The molecule has 0 fully saturated rings. The molecule has 0 aliphatic rings. The van der Waals surface area contributed by atoms with Crippen molar-refractivity contribution in [2.45, 2.75) is 26.2 Å². The number of hydrogen-bond acceptors (Lipinski definition) is 3. The van der Waals surface area contributed by atoms with Crippen LogP contribution >= 0.6 is 7.82 Å². The van der Waals surface area contributed by atoms with Gasteiger partial charge in [-0.1, -0.05) is 19.8 Å². The fraction of sp³-hybridized carbons (Fsp3) is 1.00. The van der Waals surface area contributed by atoms with E-state index >= 15 is 0 Å². The van der Waals surface area contributed by atoms with E-state index < -0.39 is 7.82 Å². The Hall–Kier alpha value is 0.0700. The van der Waals surface area contributed by atoms with Crippen LogP contribution in [0.15, 0.2) is 0 Å². The quantitative estimate of drug-likeness (QED) is 0.281. The first-order valence-electron chi connectivity index (χ1n) is 3.43. The molecule has 5 nitrogen and oxygen atoms in total. The molecule has 0 spiro atoms. The normalized spacial score (nSPS) is 11.9. The third-order valence-electron chi connectivity index (χ3n) is 0.981. The molecule has 0 radical (unpaired) electrons. The Kier molecular flexibility index (Phi) is 5.72. The summed E-state index contributed by atoms with van der Waals surface area (Å²) in [6.07, 6.45) is 2.74. The molecule has 68 valence electrons. The summed E-state index contributed by atoms with van der Waals surface area (Å²) in [4.78, 5) is 20.5. The van der Waals surface area contributed by atoms with Crippen molar-refractivity contribution in [3.63, 3.8) is 0 Å². The van der Waals surface area contributed by atoms with Gasteiger partial charge in [0.25, 0.3) is 0 Å². The van der Waals surface area contributed by atoms with Gasteiger partial charge in [-0.05, 0) is 6.42 Å². The van der Waals surface area contributed by atoms with Gasteiger partial charge in [0.05, 0.1) is 6.61 Å². The minimum atomic E-state index is -4.44. The topological polar surface area (TPSA) is 76.0 Å². The van der Waals surface area contributed by atoms with Crippen molar-refractivity contribution in [1.82, 2.24) is 0 Å². The first kappa shape index (κ1) is 11.1. The molecule has 0 amide bonds. The smallest absolute Gasteiger partial charge is 0.301 e. The van der Waals surface area contributed by atoms with Crippen molar-refractivity contribution in [3.8, 4) is 0 Å². The van der Waals surface area contributed by atoms with Gasteiger partial charge in [0, 0.05) is 0 Å². The van der Waals surface area contributed by atoms with E-state index in [1.807, 2.05) is 6.92 Å². The summed E-state index contributed by atoms with van der Waals surface area (Å²) >= 11 is 0. The first-order chi connectivity index (χ1) is 5.06. The van der Waals surface area contributed by atoms with E-state index in [0.29, 0.717) is 0 Å². The van der Waals surface area contributed by atoms with Crippen LogP contribution in [0.2, 0.25) is 0 Å². The Morgan fingerprint density at radius 2 is 2.00 bits per heavy atom. The highest BCUT2D eigenvalue weighted by molar-refractivity contribution is 7.46. The molecule has 0 aromatic carbocycles. The molecule has 0 atom stereocenters. The highest BCUT2D eigenvalue weighted by atomic mass is 31.2. The van der Waals surface area contributed by atoms with Crippen LogP contribution in [0.5, 0.6) is 0 Å². The van der Waals surface area contributed by atoms with Gasteiger partial charge < -0.3 is 9.79 Å². The highest BCUT2D eigenvalue weighted by Gasteiger charge is 2.14. The van der Waals surface area contributed by atoms with Crippen LogP contribution in [-0.4, -0.2) is 16.4 Å². The van der Waals surface area contributed by atoms with Crippen LogP contribution in [-0.2, 0) is 14.1 Å². The summed E-state index contributed by atoms with van der Waals surface area (Å²) in [5, 5.41) is 0. The summed E-state index contributed by atoms with van der Waals surface area (Å²) in [5.74, 6) is 0. The first-order valence-corrected chi connectivity index (χ1v) is 4.96. The van der Waals surface area contributed by atoms with Crippen LogP contribution in [0.25, 0.3) is 0 Å². The molecule has 11 heavy (non-hydrogen) atoms. The summed E-state index contributed by atoms with van der Waals surface area (Å²) in [6.45, 7) is 2.24. The monoisotopic (exact) mass is 184 g/mol. The molecule has 2 N–H and O–H groups in total. The molecule has 0 bridgehead atoms. The van der Waals surface area contributed by atoms with E-state index in [1.54, 1.807) is 0 Å². The molecule has 6 heteroatoms. The fourth-order valence-electron chi connectivity index (χ4n) is 0.517. The van der Waals surface area contributed by atoms with E-state index in [4.69, 9.17) is 9.79 Å². The lowest BCUT2D eigenvalue weighted by atomic mass is 10.3. The maximum Gasteiger partial charge on any atom is 0.496 e. The third-order valence-corrected chi connectivity index (χ3v) is 1.28. The van der Waals surface area contributed by atoms with Crippen molar-refractivity contribution in [1.29, 1.82) is 0 Å². The zero-order valence-electron chi connectivity index (χ0n) is 6.39. The van der Waals surface area contributed by atoms with Gasteiger partial charge in [-0.15, -0.1) is 4.67 Å². The zero-order valence-corrected chi connectivity index (χ0v) is 7.29. The van der Waals surface area contributed by atoms with E-state index in [9.17, 15) is 4.57 Å². The molecule has 0 aromatic rings. The predicted octanol–water partition coefficient (Wildman–Crippen LogP) is 1.22. The van der Waals surface area contributed by atoms with Crippen LogP contribution in [0.3, 0.4) is 0 Å². The van der Waals surface area contributed by atoms with Gasteiger partial charge >= 0.3 is 7.82 Å². The second-order valence-electron chi connectivity index (χ2n) is 2.09. The lowest BCUT2D eigenvalue weighted by Crippen LogP contribution is -1.94. The van der Waals surface area contributed by atoms with E-state index in [0.717, 1.165) is 19.3 Å². The van der Waals surface area contributed by atoms with Crippen molar-refractivity contribution in [2.24, 2.45) is 0 Å². The van der Waals surface area contributed by atoms with Gasteiger partial charge in [0.2, 0.25) is 0 Å². The Morgan fingerprint density at radius 1 is 1.36 bits per heavy atom. The van der Waals surface area contributed by atoms with Crippen LogP contribution in [0.4, 0.5) is 0 Å². The van der Waals surface area contributed by atoms with Crippen molar-refractivity contribution in [3.05, 3.63) is 0 Å². The molecular weight excluding hydrogens is 171 g/mol. The zero-order chi connectivity index (χ0) is 8.74. The number of hydrogen-bond donors (Lipinski definition) is 2. The van der Waals surface area contributed by atoms with Crippen LogP contribution in [0.1, 0.15) is 26.2 Å². The molecule has 0 aromatic heterocycles. The number of phosphoric acid groups is 1. The molecule has 0 rings (SSSR count). The van der Waals surface area contributed by atoms with Crippen molar-refractivity contribution >= 4 is 7.82 Å². The minimum Gasteiger partial charge on any atom is -0.301 e. The highest BCUT2D eigenvalue weighted by Crippen LogP contribution is 2.35. The SMILES string of the molecule is CCCCCOOP(=O)(O)O. The molecule has 0 aliphatic carbocycles. The molecule has 0 saturated heterocycles. The van der Waals surface area contributed by atoms with Crippen molar-refractivity contribution < 1.29 is 23.9 Å². The van der Waals surface area contributed by atoms with Crippen LogP contribution in [0, 0.1) is 0 Å². The second kappa shape index (κ2) is 5.69. The Morgan fingerprint density at radius 3 is 2.45 bits per heavy atom. The lowest BCUT2D eigenvalue weighted by molar-refractivity contribution is -0.222. The molecule has 0 saturated carbocycles. The Labute approximate surface area is 65.5 Å². The third kappa shape index (κ3) is 10.1. The summed E-state index contributed by atoms with van der Waals surface area (Å²) in [7, 11) is -4.44. The van der Waals surface area contributed by atoms with Gasteiger partial charge in [0.15, 0.2) is 0 Å². The van der Waals surface area contributed by atoms with Gasteiger partial charge in [-0.25, -0.2) is 9.45 Å². The standard InChI is InChI=1S/C5H13O5P/c1-2-3-4-5-9-10-11(6,7)8/h2-5H2,1H3,(H2,6,7,8). The predicted molar refractivity (Wildman–Crippen MR) is 38.6 cm³/mol. The van der Waals surface area contributed by atoms with Gasteiger partial charge in [-0.3, -0.25) is 0 Å². The molecular formula is C5H13O5P. The maximum absolute atomic E-state index is 10.0. The minimum absolute atomic E-state index is 0.221. The average molecular weight is 184 g/mol. The molecule has 0 heterocycles. The van der Waals surface area contributed by atoms with E-state index in [1.165, 1.54) is 0 Å². The fourth-order valence-corrected chi connectivity index (χ4v) is 0.729. The molecule has 0 aliphatic heterocycles. The van der Waals surface area contributed by atoms with Crippen LogP contribution < -0.4 is 0 Å². The average Bonchev–Trinajstić information content (AvgIpc) is 1.85. The lowest BCUT2D eigenvalue weighted by Gasteiger charge is -2.02. The summed E-state index contributed by atoms with van der Waals surface area (Å²) in [6, 6.07) is 0. The number of unbranched alkanes of at least 4 members (excludes halogenated alkanes) is 2. The van der Waals surface area contributed by atoms with Gasteiger partial charge in [-0.2, -0.15) is 0 Å². The summed E-state index contributed by atoms with van der Waals surface area (Å²) < 4.78 is 13.8. The maximum atomic E-state index is 10.0. The van der Waals surface area contributed by atoms with E-state index in [-0.39, 0.29) is 6.61 Å². The van der Waals surface area contributed by atoms with Crippen molar-refractivity contribution in [2.75, 3.05) is 6.61 Å². The number of rotatable bonds is 6. The van der Waals surface area contributed by atoms with Gasteiger partial charge in [0.1, 0.15) is 0 Å². The Bertz CT molecular complexity index is 131. The Balaban J connectivity index is 3.09. The summed E-state index contributed by atoms with van der Waals surface area (Å²) in [5.41, 5.74) is 0. The second-order valence-corrected chi connectivity index (χ2v) is 3.22.